The Hall–Kier alpha value is -4.18. The SMILES string of the molecule is CC(C)CC(C(=O)NC(Cc1ccc(CCC(=O)O)cc1)C(=O)O)c1ccc(NS(=O)(=O)c2ccccc2)cc1. The van der Waals surface area contributed by atoms with Gasteiger partial charge in [0.2, 0.25) is 5.91 Å². The number of sulfonamides is 1. The number of aryl methyl sites for hydroxylation is 1. The summed E-state index contributed by atoms with van der Waals surface area (Å²) in [6, 6.07) is 20.3. The van der Waals surface area contributed by atoms with Gasteiger partial charge in [0.1, 0.15) is 6.04 Å². The molecule has 0 bridgehead atoms. The third kappa shape index (κ3) is 8.94. The summed E-state index contributed by atoms with van der Waals surface area (Å²) in [6.45, 7) is 3.92. The Morgan fingerprint density at radius 3 is 1.98 bits per heavy atom. The van der Waals surface area contributed by atoms with E-state index in [2.05, 4.69) is 10.0 Å². The van der Waals surface area contributed by atoms with Crippen molar-refractivity contribution < 1.29 is 33.0 Å². The molecule has 0 aromatic heterocycles. The molecule has 3 aromatic rings. The molecule has 0 aliphatic heterocycles. The smallest absolute Gasteiger partial charge is 0.326 e. The van der Waals surface area contributed by atoms with Crippen LogP contribution < -0.4 is 10.0 Å². The quantitative estimate of drug-likeness (QED) is 0.225. The number of carbonyl (C=O) groups is 3. The number of rotatable bonds is 14. The van der Waals surface area contributed by atoms with E-state index >= 15 is 0 Å². The van der Waals surface area contributed by atoms with Crippen LogP contribution in [0.3, 0.4) is 0 Å². The Kier molecular flexibility index (Phi) is 10.4. The summed E-state index contributed by atoms with van der Waals surface area (Å²) >= 11 is 0. The third-order valence-corrected chi connectivity index (χ3v) is 7.74. The van der Waals surface area contributed by atoms with Gasteiger partial charge >= 0.3 is 11.9 Å². The number of carboxylic acids is 2. The number of benzene rings is 3. The van der Waals surface area contributed by atoms with Gasteiger partial charge in [-0.25, -0.2) is 13.2 Å². The molecule has 4 N–H and O–H groups in total. The maximum atomic E-state index is 13.3. The van der Waals surface area contributed by atoms with Crippen molar-refractivity contribution in [2.45, 2.75) is 56.4 Å². The normalized spacial score (nSPS) is 12.9. The molecule has 0 heterocycles. The van der Waals surface area contributed by atoms with E-state index in [1.54, 1.807) is 66.7 Å². The topological polar surface area (TPSA) is 150 Å². The first-order valence-electron chi connectivity index (χ1n) is 12.9. The van der Waals surface area contributed by atoms with Gasteiger partial charge in [0.15, 0.2) is 0 Å². The van der Waals surface area contributed by atoms with Crippen LogP contribution in [0.5, 0.6) is 0 Å². The minimum Gasteiger partial charge on any atom is -0.481 e. The highest BCUT2D eigenvalue weighted by Crippen LogP contribution is 2.27. The largest absolute Gasteiger partial charge is 0.481 e. The first-order valence-corrected chi connectivity index (χ1v) is 14.4. The molecule has 9 nitrogen and oxygen atoms in total. The van der Waals surface area contributed by atoms with Crippen molar-refractivity contribution in [2.24, 2.45) is 5.92 Å². The van der Waals surface area contributed by atoms with Crippen LogP contribution in [-0.4, -0.2) is 42.5 Å². The van der Waals surface area contributed by atoms with E-state index < -0.39 is 39.8 Å². The molecule has 2 atom stereocenters. The van der Waals surface area contributed by atoms with Gasteiger partial charge in [-0.3, -0.25) is 14.3 Å². The highest BCUT2D eigenvalue weighted by molar-refractivity contribution is 7.92. The van der Waals surface area contributed by atoms with E-state index in [1.165, 1.54) is 12.1 Å². The highest BCUT2D eigenvalue weighted by atomic mass is 32.2. The number of aliphatic carboxylic acids is 2. The van der Waals surface area contributed by atoms with E-state index in [0.717, 1.165) is 5.56 Å². The van der Waals surface area contributed by atoms with Gasteiger partial charge in [-0.05, 0) is 59.7 Å². The Morgan fingerprint density at radius 1 is 0.825 bits per heavy atom. The molecular weight excluding hydrogens is 532 g/mol. The average molecular weight is 567 g/mol. The lowest BCUT2D eigenvalue weighted by Crippen LogP contribution is -2.44. The van der Waals surface area contributed by atoms with Crippen LogP contribution in [0.4, 0.5) is 5.69 Å². The van der Waals surface area contributed by atoms with Gasteiger partial charge in [-0.15, -0.1) is 0 Å². The second kappa shape index (κ2) is 13.7. The summed E-state index contributed by atoms with van der Waals surface area (Å²) in [7, 11) is -3.77. The predicted octanol–water partition coefficient (Wildman–Crippen LogP) is 4.45. The van der Waals surface area contributed by atoms with Crippen LogP contribution in [0.2, 0.25) is 0 Å². The molecule has 0 aliphatic carbocycles. The van der Waals surface area contributed by atoms with E-state index in [-0.39, 0.29) is 23.7 Å². The zero-order chi connectivity index (χ0) is 29.3. The molecule has 212 valence electrons. The predicted molar refractivity (Wildman–Crippen MR) is 152 cm³/mol. The average Bonchev–Trinajstić information content (AvgIpc) is 2.91. The van der Waals surface area contributed by atoms with Crippen LogP contribution in [-0.2, 0) is 37.2 Å². The Labute approximate surface area is 234 Å². The minimum atomic E-state index is -3.77. The number of carbonyl (C=O) groups excluding carboxylic acids is 1. The second-order valence-electron chi connectivity index (χ2n) is 10.0. The lowest BCUT2D eigenvalue weighted by atomic mass is 9.89. The lowest BCUT2D eigenvalue weighted by Gasteiger charge is -2.22. The zero-order valence-electron chi connectivity index (χ0n) is 22.4. The van der Waals surface area contributed by atoms with Crippen molar-refractivity contribution in [3.8, 4) is 0 Å². The summed E-state index contributed by atoms with van der Waals surface area (Å²) in [6.07, 6.45) is 0.906. The third-order valence-electron chi connectivity index (χ3n) is 6.35. The summed E-state index contributed by atoms with van der Waals surface area (Å²) < 4.78 is 27.8. The zero-order valence-corrected chi connectivity index (χ0v) is 23.2. The number of carboxylic acid groups (broad SMARTS) is 2. The fraction of sp³-hybridized carbons (Fsp3) is 0.300. The molecule has 0 saturated heterocycles. The van der Waals surface area contributed by atoms with Gasteiger partial charge < -0.3 is 15.5 Å². The highest BCUT2D eigenvalue weighted by Gasteiger charge is 2.27. The van der Waals surface area contributed by atoms with E-state index in [1.807, 2.05) is 13.8 Å². The van der Waals surface area contributed by atoms with Crippen LogP contribution in [0.25, 0.3) is 0 Å². The van der Waals surface area contributed by atoms with Crippen LogP contribution in [0.1, 0.15) is 49.3 Å². The Bertz CT molecular complexity index is 1400. The molecule has 40 heavy (non-hydrogen) atoms. The van der Waals surface area contributed by atoms with Crippen LogP contribution >= 0.6 is 0 Å². The fourth-order valence-corrected chi connectivity index (χ4v) is 5.34. The maximum Gasteiger partial charge on any atom is 0.326 e. The van der Waals surface area contributed by atoms with Gasteiger partial charge in [-0.2, -0.15) is 0 Å². The summed E-state index contributed by atoms with van der Waals surface area (Å²) in [5, 5.41) is 21.3. The van der Waals surface area contributed by atoms with Gasteiger partial charge in [0.25, 0.3) is 10.0 Å². The van der Waals surface area contributed by atoms with E-state index in [9.17, 15) is 27.9 Å². The molecule has 0 aliphatic rings. The first kappa shape index (κ1) is 30.4. The first-order chi connectivity index (χ1) is 18.9. The van der Waals surface area contributed by atoms with Crippen molar-refractivity contribution in [3.63, 3.8) is 0 Å². The number of hydrogen-bond donors (Lipinski definition) is 4. The van der Waals surface area contributed by atoms with Gasteiger partial charge in [0, 0.05) is 18.5 Å². The fourth-order valence-electron chi connectivity index (χ4n) is 4.26. The van der Waals surface area contributed by atoms with Crippen molar-refractivity contribution in [1.82, 2.24) is 5.32 Å². The minimum absolute atomic E-state index is 0.00424. The van der Waals surface area contributed by atoms with Crippen molar-refractivity contribution in [3.05, 3.63) is 95.6 Å². The molecule has 1 amide bonds. The molecule has 3 rings (SSSR count). The molecule has 2 unspecified atom stereocenters. The molecular formula is C30H34N2O7S. The second-order valence-corrected chi connectivity index (χ2v) is 11.7. The number of nitrogens with one attached hydrogen (secondary N) is 2. The Morgan fingerprint density at radius 2 is 1.43 bits per heavy atom. The van der Waals surface area contributed by atoms with Crippen molar-refractivity contribution in [2.75, 3.05) is 4.72 Å². The number of anilines is 1. The standard InChI is InChI=1S/C30H34N2O7S/c1-20(2)18-26(23-13-15-24(16-14-23)32-40(38,39)25-6-4-3-5-7-25)29(35)31-27(30(36)37)19-22-10-8-21(9-11-22)12-17-28(33)34/h3-11,13-16,20,26-27,32H,12,17-19H2,1-2H3,(H,31,35)(H,33,34)(H,36,37). The number of amides is 1. The monoisotopic (exact) mass is 566 g/mol. The maximum absolute atomic E-state index is 13.3. The molecule has 0 fully saturated rings. The molecule has 10 heteroatoms. The van der Waals surface area contributed by atoms with Crippen LogP contribution in [0.15, 0.2) is 83.8 Å². The molecule has 0 saturated carbocycles. The summed E-state index contributed by atoms with van der Waals surface area (Å²) in [5.74, 6) is -3.00. The number of hydrogen-bond acceptors (Lipinski definition) is 5. The lowest BCUT2D eigenvalue weighted by molar-refractivity contribution is -0.142. The van der Waals surface area contributed by atoms with E-state index in [4.69, 9.17) is 5.11 Å². The van der Waals surface area contributed by atoms with Crippen molar-refractivity contribution >= 4 is 33.6 Å². The van der Waals surface area contributed by atoms with Crippen LogP contribution in [0, 0.1) is 5.92 Å². The summed E-state index contributed by atoms with van der Waals surface area (Å²) in [4.78, 5) is 36.3. The summed E-state index contributed by atoms with van der Waals surface area (Å²) in [5.41, 5.74) is 2.50. The van der Waals surface area contributed by atoms with Gasteiger partial charge in [-0.1, -0.05) is 68.4 Å². The van der Waals surface area contributed by atoms with Gasteiger partial charge in [0.05, 0.1) is 10.8 Å². The molecule has 3 aromatic carbocycles. The van der Waals surface area contributed by atoms with E-state index in [0.29, 0.717) is 29.7 Å². The Balaban J connectivity index is 1.72. The molecule has 0 spiro atoms. The van der Waals surface area contributed by atoms with Crippen molar-refractivity contribution in [1.29, 1.82) is 0 Å². The molecule has 0 radical (unpaired) electrons.